The molecule has 0 amide bonds. The number of halogens is 1. The zero-order chi connectivity index (χ0) is 21.3. The third-order valence-corrected chi connectivity index (χ3v) is 4.41. The van der Waals surface area contributed by atoms with Crippen molar-refractivity contribution in [2.45, 2.75) is 20.3 Å². The van der Waals surface area contributed by atoms with E-state index in [2.05, 4.69) is 15.6 Å². The Kier molecular flexibility index (Phi) is 7.45. The van der Waals surface area contributed by atoms with Crippen molar-refractivity contribution in [1.29, 1.82) is 0 Å². The highest BCUT2D eigenvalue weighted by Gasteiger charge is 2.10. The second-order valence-corrected chi connectivity index (χ2v) is 6.66. The van der Waals surface area contributed by atoms with Crippen LogP contribution < -0.4 is 20.5 Å². The molecule has 7 nitrogen and oxygen atoms in total. The number of nitrogens with zero attached hydrogens (tertiary/aromatic N) is 3. The van der Waals surface area contributed by atoms with Crippen molar-refractivity contribution in [3.8, 4) is 17.2 Å². The molecule has 3 aromatic rings. The summed E-state index contributed by atoms with van der Waals surface area (Å²) in [5.74, 6) is 1.35. The lowest BCUT2D eigenvalue weighted by Gasteiger charge is -2.12. The van der Waals surface area contributed by atoms with E-state index in [1.165, 1.54) is 10.9 Å². The Balaban J connectivity index is 1.76. The Morgan fingerprint density at radius 3 is 2.67 bits per heavy atom. The van der Waals surface area contributed by atoms with E-state index in [0.29, 0.717) is 36.1 Å². The Labute approximate surface area is 179 Å². The number of hydrogen-bond donors (Lipinski definition) is 1. The molecule has 2 aromatic carbocycles. The first kappa shape index (κ1) is 21.4. The quantitative estimate of drug-likeness (QED) is 0.402. The number of aromatic nitrogens is 2. The smallest absolute Gasteiger partial charge is 0.292 e. The number of benzene rings is 2. The lowest BCUT2D eigenvalue weighted by Crippen LogP contribution is -2.22. The number of hydrogen-bond acceptors (Lipinski definition) is 6. The van der Waals surface area contributed by atoms with Gasteiger partial charge in [0.15, 0.2) is 11.5 Å². The van der Waals surface area contributed by atoms with Crippen LogP contribution in [0.3, 0.4) is 0 Å². The molecule has 0 saturated heterocycles. The van der Waals surface area contributed by atoms with Gasteiger partial charge in [-0.2, -0.15) is 14.9 Å². The monoisotopic (exact) mass is 426 g/mol. The molecule has 30 heavy (non-hydrogen) atoms. The lowest BCUT2D eigenvalue weighted by atomic mass is 10.2. The van der Waals surface area contributed by atoms with E-state index < -0.39 is 5.56 Å². The molecule has 0 unspecified atom stereocenters. The summed E-state index contributed by atoms with van der Waals surface area (Å²) in [6.07, 6.45) is 3.98. The molecule has 0 radical (unpaired) electrons. The highest BCUT2D eigenvalue weighted by Crippen LogP contribution is 2.28. The number of hydrazone groups is 1. The van der Waals surface area contributed by atoms with Crippen LogP contribution in [0.15, 0.2) is 64.6 Å². The fourth-order valence-corrected chi connectivity index (χ4v) is 2.82. The van der Waals surface area contributed by atoms with Crippen molar-refractivity contribution < 1.29 is 9.47 Å². The molecule has 0 aliphatic rings. The predicted octanol–water partition coefficient (Wildman–Crippen LogP) is 4.52. The minimum atomic E-state index is -0.431. The minimum Gasteiger partial charge on any atom is -0.490 e. The predicted molar refractivity (Wildman–Crippen MR) is 119 cm³/mol. The normalized spacial score (nSPS) is 10.9. The summed E-state index contributed by atoms with van der Waals surface area (Å²) in [4.78, 5) is 12.5. The summed E-state index contributed by atoms with van der Waals surface area (Å²) in [5.41, 5.74) is 4.09. The zero-order valence-electron chi connectivity index (χ0n) is 16.8. The molecular weight excluding hydrogens is 404 g/mol. The molecule has 1 heterocycles. The highest BCUT2D eigenvalue weighted by atomic mass is 35.5. The molecule has 3 rings (SSSR count). The van der Waals surface area contributed by atoms with Crippen molar-refractivity contribution in [2.75, 3.05) is 18.6 Å². The van der Waals surface area contributed by atoms with Crippen molar-refractivity contribution >= 4 is 23.5 Å². The average Bonchev–Trinajstić information content (AvgIpc) is 2.77. The maximum atomic E-state index is 12.5. The SMILES string of the molecule is CCCOc1ccc(/C=N/Nc2cnn(-c3ccccc3)c(=O)c2Cl)cc1OCC. The number of anilines is 1. The molecule has 0 aliphatic heterocycles. The van der Waals surface area contributed by atoms with E-state index in [4.69, 9.17) is 21.1 Å². The molecule has 0 spiro atoms. The van der Waals surface area contributed by atoms with Gasteiger partial charge in [-0.3, -0.25) is 10.2 Å². The van der Waals surface area contributed by atoms with Crippen molar-refractivity contribution in [3.05, 3.63) is 75.7 Å². The number of para-hydroxylation sites is 1. The van der Waals surface area contributed by atoms with Crippen molar-refractivity contribution in [1.82, 2.24) is 9.78 Å². The fraction of sp³-hybridized carbons (Fsp3) is 0.227. The molecule has 0 fully saturated rings. The zero-order valence-corrected chi connectivity index (χ0v) is 17.6. The molecule has 0 atom stereocenters. The van der Waals surface area contributed by atoms with Gasteiger partial charge in [-0.25, -0.2) is 0 Å². The fourth-order valence-electron chi connectivity index (χ4n) is 2.64. The second kappa shape index (κ2) is 10.5. The van der Waals surface area contributed by atoms with Gasteiger partial charge < -0.3 is 9.47 Å². The maximum absolute atomic E-state index is 12.5. The Hall–Kier alpha value is -3.32. The van der Waals surface area contributed by atoms with Gasteiger partial charge >= 0.3 is 0 Å². The topological polar surface area (TPSA) is 77.7 Å². The molecule has 0 bridgehead atoms. The highest BCUT2D eigenvalue weighted by molar-refractivity contribution is 6.32. The van der Waals surface area contributed by atoms with Gasteiger partial charge in [0.05, 0.1) is 31.3 Å². The summed E-state index contributed by atoms with van der Waals surface area (Å²) < 4.78 is 12.6. The van der Waals surface area contributed by atoms with E-state index in [-0.39, 0.29) is 5.02 Å². The Morgan fingerprint density at radius 2 is 1.93 bits per heavy atom. The molecule has 0 saturated carbocycles. The molecule has 1 aromatic heterocycles. The van der Waals surface area contributed by atoms with Gasteiger partial charge in [0, 0.05) is 0 Å². The van der Waals surface area contributed by atoms with Crippen molar-refractivity contribution in [2.24, 2.45) is 5.10 Å². The van der Waals surface area contributed by atoms with Crippen LogP contribution in [0.25, 0.3) is 5.69 Å². The standard InChI is InChI=1S/C22H23ClN4O3/c1-3-12-30-19-11-10-16(13-20(19)29-4-2)14-24-26-18-15-25-27(22(28)21(18)23)17-8-6-5-7-9-17/h5-11,13-15,26H,3-4,12H2,1-2H3/b24-14+. The van der Waals surface area contributed by atoms with Crippen LogP contribution in [0.2, 0.25) is 5.02 Å². The van der Waals surface area contributed by atoms with Crippen LogP contribution >= 0.6 is 11.6 Å². The van der Waals surface area contributed by atoms with Crippen LogP contribution in [0, 0.1) is 0 Å². The summed E-state index contributed by atoms with van der Waals surface area (Å²) in [5, 5.41) is 8.33. The number of rotatable bonds is 9. The van der Waals surface area contributed by atoms with Gasteiger partial charge in [0.2, 0.25) is 0 Å². The third kappa shape index (κ3) is 5.18. The first-order valence-corrected chi connectivity index (χ1v) is 10.0. The largest absolute Gasteiger partial charge is 0.490 e. The van der Waals surface area contributed by atoms with Crippen LogP contribution in [-0.2, 0) is 0 Å². The Morgan fingerprint density at radius 1 is 1.13 bits per heavy atom. The molecule has 0 aliphatic carbocycles. The molecule has 1 N–H and O–H groups in total. The van der Waals surface area contributed by atoms with E-state index in [1.54, 1.807) is 18.3 Å². The maximum Gasteiger partial charge on any atom is 0.292 e. The summed E-state index contributed by atoms with van der Waals surface area (Å²) >= 11 is 6.22. The molecule has 8 heteroatoms. The van der Waals surface area contributed by atoms with Gasteiger partial charge in [-0.1, -0.05) is 36.7 Å². The first-order chi connectivity index (χ1) is 14.6. The van der Waals surface area contributed by atoms with E-state index in [1.807, 2.05) is 50.2 Å². The summed E-state index contributed by atoms with van der Waals surface area (Å²) in [6, 6.07) is 14.6. The van der Waals surface area contributed by atoms with Gasteiger partial charge in [-0.05, 0) is 49.2 Å². The Bertz CT molecular complexity index is 1070. The first-order valence-electron chi connectivity index (χ1n) is 9.66. The van der Waals surface area contributed by atoms with E-state index >= 15 is 0 Å². The van der Waals surface area contributed by atoms with Crippen LogP contribution in [0.4, 0.5) is 5.69 Å². The third-order valence-electron chi connectivity index (χ3n) is 4.05. The van der Waals surface area contributed by atoms with Crippen molar-refractivity contribution in [3.63, 3.8) is 0 Å². The molecular formula is C22H23ClN4O3. The second-order valence-electron chi connectivity index (χ2n) is 6.28. The number of ether oxygens (including phenoxy) is 2. The lowest BCUT2D eigenvalue weighted by molar-refractivity contribution is 0.277. The van der Waals surface area contributed by atoms with E-state index in [9.17, 15) is 4.79 Å². The van der Waals surface area contributed by atoms with Gasteiger partial charge in [0.1, 0.15) is 10.7 Å². The molecule has 156 valence electrons. The van der Waals surface area contributed by atoms with Crippen LogP contribution in [-0.4, -0.2) is 29.2 Å². The minimum absolute atomic E-state index is 0.00400. The summed E-state index contributed by atoms with van der Waals surface area (Å²) in [6.45, 7) is 5.11. The summed E-state index contributed by atoms with van der Waals surface area (Å²) in [7, 11) is 0. The average molecular weight is 427 g/mol. The van der Waals surface area contributed by atoms with Gasteiger partial charge in [-0.15, -0.1) is 0 Å². The van der Waals surface area contributed by atoms with Crippen LogP contribution in [0.5, 0.6) is 11.5 Å². The van der Waals surface area contributed by atoms with Gasteiger partial charge in [0.25, 0.3) is 5.56 Å². The number of nitrogens with one attached hydrogen (secondary N) is 1. The van der Waals surface area contributed by atoms with Crippen LogP contribution in [0.1, 0.15) is 25.8 Å². The van der Waals surface area contributed by atoms with E-state index in [0.717, 1.165) is 12.0 Å².